The summed E-state index contributed by atoms with van der Waals surface area (Å²) in [5.74, 6) is 0.261. The van der Waals surface area contributed by atoms with Crippen LogP contribution in [0.4, 0.5) is 0 Å². The minimum atomic E-state index is 0. The first kappa shape index (κ1) is 11.7. The van der Waals surface area contributed by atoms with Gasteiger partial charge in [0.15, 0.2) is 0 Å². The lowest BCUT2D eigenvalue weighted by molar-refractivity contribution is 0.475. The van der Waals surface area contributed by atoms with E-state index in [-0.39, 0.29) is 22.7 Å². The number of aromatic hydroxyl groups is 1. The largest absolute Gasteiger partial charge is 0.508 e. The molecule has 80 valence electrons. The minimum absolute atomic E-state index is 0. The molecule has 0 fully saturated rings. The molecule has 0 unspecified atom stereocenters. The molecule has 15 heavy (non-hydrogen) atoms. The first-order valence-corrected chi connectivity index (χ1v) is 4.49. The van der Waals surface area contributed by atoms with E-state index in [0.29, 0.717) is 0 Å². The quantitative estimate of drug-likeness (QED) is 0.910. The number of hydrogen-bond acceptors (Lipinski definition) is 3. The third-order valence-corrected chi connectivity index (χ3v) is 2.03. The van der Waals surface area contributed by atoms with Crippen molar-refractivity contribution in [3.8, 4) is 17.0 Å². The van der Waals surface area contributed by atoms with Gasteiger partial charge in [-0.15, -0.1) is 22.1 Å². The van der Waals surface area contributed by atoms with Gasteiger partial charge in [-0.1, -0.05) is 5.21 Å². The molecule has 0 atom stereocenters. The van der Waals surface area contributed by atoms with Crippen LogP contribution in [0, 0.1) is 0 Å². The fourth-order valence-corrected chi connectivity index (χ4v) is 1.22. The Hall–Kier alpha value is -1.36. The van der Waals surface area contributed by atoms with Crippen molar-refractivity contribution in [1.82, 2.24) is 15.0 Å². The zero-order valence-corrected chi connectivity index (χ0v) is 10.0. The minimum Gasteiger partial charge on any atom is -0.508 e. The van der Waals surface area contributed by atoms with Crippen molar-refractivity contribution in [2.45, 2.75) is 13.5 Å². The van der Waals surface area contributed by atoms with Crippen molar-refractivity contribution < 1.29 is 5.11 Å². The van der Waals surface area contributed by atoms with E-state index in [0.717, 1.165) is 17.8 Å². The summed E-state index contributed by atoms with van der Waals surface area (Å²) >= 11 is 0. The van der Waals surface area contributed by atoms with Crippen LogP contribution in [0.1, 0.15) is 6.92 Å². The highest BCUT2D eigenvalue weighted by Gasteiger charge is 2.02. The summed E-state index contributed by atoms with van der Waals surface area (Å²) in [4.78, 5) is 0. The van der Waals surface area contributed by atoms with Crippen LogP contribution in [0.25, 0.3) is 11.3 Å². The van der Waals surface area contributed by atoms with E-state index >= 15 is 0 Å². The third kappa shape index (κ3) is 2.56. The van der Waals surface area contributed by atoms with Gasteiger partial charge < -0.3 is 5.11 Å². The summed E-state index contributed by atoms with van der Waals surface area (Å²) in [6, 6.07) is 6.92. The highest BCUT2D eigenvalue weighted by molar-refractivity contribution is 8.93. The monoisotopic (exact) mass is 269 g/mol. The molecule has 0 aliphatic heterocycles. The van der Waals surface area contributed by atoms with Crippen molar-refractivity contribution in [2.24, 2.45) is 0 Å². The van der Waals surface area contributed by atoms with Crippen molar-refractivity contribution in [3.63, 3.8) is 0 Å². The van der Waals surface area contributed by atoms with E-state index < -0.39 is 0 Å². The predicted molar refractivity (Wildman–Crippen MR) is 63.1 cm³/mol. The van der Waals surface area contributed by atoms with Gasteiger partial charge in [0, 0.05) is 12.1 Å². The summed E-state index contributed by atoms with van der Waals surface area (Å²) in [5.41, 5.74) is 1.79. The second kappa shape index (κ2) is 4.93. The van der Waals surface area contributed by atoms with Crippen LogP contribution >= 0.6 is 17.0 Å². The van der Waals surface area contributed by atoms with E-state index in [2.05, 4.69) is 10.3 Å². The summed E-state index contributed by atoms with van der Waals surface area (Å²) < 4.78 is 1.77. The normalized spacial score (nSPS) is 9.67. The number of phenolic OH excluding ortho intramolecular Hbond substituents is 1. The van der Waals surface area contributed by atoms with E-state index in [4.69, 9.17) is 5.11 Å². The zero-order valence-electron chi connectivity index (χ0n) is 8.29. The molecule has 5 heteroatoms. The second-order valence-corrected chi connectivity index (χ2v) is 3.01. The van der Waals surface area contributed by atoms with E-state index in [1.165, 1.54) is 0 Å². The number of rotatable bonds is 2. The predicted octanol–water partition coefficient (Wildman–Crippen LogP) is 2.25. The lowest BCUT2D eigenvalue weighted by Crippen LogP contribution is -1.93. The maximum atomic E-state index is 9.11. The molecule has 2 rings (SSSR count). The van der Waals surface area contributed by atoms with Gasteiger partial charge in [-0.25, -0.2) is 0 Å². The Kier molecular flexibility index (Phi) is 3.85. The van der Waals surface area contributed by atoms with E-state index in [9.17, 15) is 0 Å². The smallest absolute Gasteiger partial charge is 0.115 e. The summed E-state index contributed by atoms with van der Waals surface area (Å²) in [6.45, 7) is 2.82. The Morgan fingerprint density at radius 2 is 1.93 bits per heavy atom. The zero-order chi connectivity index (χ0) is 9.97. The molecule has 0 spiro atoms. The Morgan fingerprint density at radius 3 is 2.47 bits per heavy atom. The second-order valence-electron chi connectivity index (χ2n) is 3.01. The van der Waals surface area contributed by atoms with Crippen molar-refractivity contribution >= 4 is 17.0 Å². The highest BCUT2D eigenvalue weighted by atomic mass is 79.9. The number of halogens is 1. The van der Waals surface area contributed by atoms with Gasteiger partial charge in [0.05, 0.1) is 6.20 Å². The summed E-state index contributed by atoms with van der Waals surface area (Å²) in [6.07, 6.45) is 1.88. The lowest BCUT2D eigenvalue weighted by atomic mass is 10.2. The number of hydrogen-bond donors (Lipinski definition) is 1. The number of aromatic nitrogens is 3. The van der Waals surface area contributed by atoms with Crippen LogP contribution < -0.4 is 0 Å². The molecule has 1 N–H and O–H groups in total. The molecule has 0 amide bonds. The number of benzene rings is 1. The van der Waals surface area contributed by atoms with Crippen LogP contribution in [0.3, 0.4) is 0 Å². The van der Waals surface area contributed by atoms with Gasteiger partial charge in [0.2, 0.25) is 0 Å². The molecule has 0 bridgehead atoms. The number of aryl methyl sites for hydroxylation is 1. The lowest BCUT2D eigenvalue weighted by Gasteiger charge is -1.95. The molecule has 1 heterocycles. The standard InChI is InChI=1S/C10H11N3O.BrH/c1-2-13-7-10(11-12-13)8-3-5-9(14)6-4-8;/h3-7,14H,2H2,1H3;1H. The van der Waals surface area contributed by atoms with Crippen LogP contribution in [-0.2, 0) is 6.54 Å². The SMILES string of the molecule is Br.CCn1cc(-c2ccc(O)cc2)nn1. The molecule has 1 aromatic carbocycles. The van der Waals surface area contributed by atoms with E-state index in [1.807, 2.05) is 25.3 Å². The number of nitrogens with zero attached hydrogens (tertiary/aromatic N) is 3. The van der Waals surface area contributed by atoms with Crippen LogP contribution in [0.15, 0.2) is 30.5 Å². The van der Waals surface area contributed by atoms with Crippen LogP contribution in [0.5, 0.6) is 5.75 Å². The Balaban J connectivity index is 0.00000112. The Morgan fingerprint density at radius 1 is 1.27 bits per heavy atom. The average Bonchev–Trinajstić information content (AvgIpc) is 2.67. The first-order chi connectivity index (χ1) is 6.79. The van der Waals surface area contributed by atoms with Crippen LogP contribution in [-0.4, -0.2) is 20.1 Å². The molecule has 0 aliphatic rings. The molecular formula is C10H12BrN3O. The molecule has 0 saturated heterocycles. The molecule has 0 radical (unpaired) electrons. The topological polar surface area (TPSA) is 50.9 Å². The van der Waals surface area contributed by atoms with Crippen molar-refractivity contribution in [2.75, 3.05) is 0 Å². The summed E-state index contributed by atoms with van der Waals surface area (Å²) in [7, 11) is 0. The fourth-order valence-electron chi connectivity index (χ4n) is 1.22. The van der Waals surface area contributed by atoms with Crippen LogP contribution in [0.2, 0.25) is 0 Å². The Labute approximate surface area is 98.3 Å². The van der Waals surface area contributed by atoms with Gasteiger partial charge in [-0.05, 0) is 31.2 Å². The van der Waals surface area contributed by atoms with Crippen molar-refractivity contribution in [1.29, 1.82) is 0 Å². The molecule has 1 aromatic heterocycles. The third-order valence-electron chi connectivity index (χ3n) is 2.03. The summed E-state index contributed by atoms with van der Waals surface area (Å²) in [5, 5.41) is 17.1. The molecule has 0 aliphatic carbocycles. The molecular weight excluding hydrogens is 258 g/mol. The van der Waals surface area contributed by atoms with Gasteiger partial charge in [0.25, 0.3) is 0 Å². The van der Waals surface area contributed by atoms with Gasteiger partial charge in [0.1, 0.15) is 11.4 Å². The maximum Gasteiger partial charge on any atom is 0.115 e. The highest BCUT2D eigenvalue weighted by Crippen LogP contribution is 2.18. The molecule has 4 nitrogen and oxygen atoms in total. The molecule has 2 aromatic rings. The van der Waals surface area contributed by atoms with Gasteiger partial charge >= 0.3 is 0 Å². The van der Waals surface area contributed by atoms with Gasteiger partial charge in [-0.2, -0.15) is 0 Å². The molecule has 0 saturated carbocycles. The van der Waals surface area contributed by atoms with Crippen molar-refractivity contribution in [3.05, 3.63) is 30.5 Å². The van der Waals surface area contributed by atoms with Gasteiger partial charge in [-0.3, -0.25) is 4.68 Å². The first-order valence-electron chi connectivity index (χ1n) is 4.49. The maximum absolute atomic E-state index is 9.11. The fraction of sp³-hybridized carbons (Fsp3) is 0.200. The Bertz CT molecular complexity index is 424. The number of phenols is 1. The average molecular weight is 270 g/mol. The van der Waals surface area contributed by atoms with E-state index in [1.54, 1.807) is 16.8 Å².